The van der Waals surface area contributed by atoms with Crippen LogP contribution >= 0.6 is 0 Å². The molecule has 1 aliphatic heterocycles. The van der Waals surface area contributed by atoms with Gasteiger partial charge >= 0.3 is 0 Å². The molecule has 0 unspecified atom stereocenters. The van der Waals surface area contributed by atoms with Crippen LogP contribution in [0.3, 0.4) is 0 Å². The molecule has 1 heterocycles. The van der Waals surface area contributed by atoms with Crippen LogP contribution in [0.15, 0.2) is 24.3 Å². The summed E-state index contributed by atoms with van der Waals surface area (Å²) >= 11 is 0. The van der Waals surface area contributed by atoms with Crippen molar-refractivity contribution in [1.82, 2.24) is 0 Å². The Balaban J connectivity index is 2.72. The van der Waals surface area contributed by atoms with Crippen molar-refractivity contribution in [2.24, 2.45) is 11.8 Å². The SMILES string of the molecule is CCN1C(=O)C(C(C)C)(C(C)C)c2ccccc21. The van der Waals surface area contributed by atoms with Crippen molar-refractivity contribution in [3.63, 3.8) is 0 Å². The van der Waals surface area contributed by atoms with E-state index in [0.717, 1.165) is 12.2 Å². The van der Waals surface area contributed by atoms with Gasteiger partial charge in [0.25, 0.3) is 0 Å². The van der Waals surface area contributed by atoms with E-state index in [1.807, 2.05) is 24.0 Å². The predicted octanol–water partition coefficient (Wildman–Crippen LogP) is 3.60. The number of fused-ring (bicyclic) bond motifs is 1. The van der Waals surface area contributed by atoms with E-state index in [1.165, 1.54) is 5.56 Å². The summed E-state index contributed by atoms with van der Waals surface area (Å²) < 4.78 is 0. The van der Waals surface area contributed by atoms with Gasteiger partial charge in [0.1, 0.15) is 0 Å². The molecule has 98 valence electrons. The second-order valence-electron chi connectivity index (χ2n) is 5.74. The second kappa shape index (κ2) is 4.42. The van der Waals surface area contributed by atoms with E-state index in [-0.39, 0.29) is 11.3 Å². The Kier molecular flexibility index (Phi) is 3.22. The van der Waals surface area contributed by atoms with E-state index in [1.54, 1.807) is 0 Å². The lowest BCUT2D eigenvalue weighted by molar-refractivity contribution is -0.126. The molecule has 0 N–H and O–H groups in total. The zero-order valence-corrected chi connectivity index (χ0v) is 12.0. The van der Waals surface area contributed by atoms with Crippen LogP contribution in [0.2, 0.25) is 0 Å². The zero-order valence-electron chi connectivity index (χ0n) is 12.0. The minimum atomic E-state index is -0.355. The highest BCUT2D eigenvalue weighted by atomic mass is 16.2. The van der Waals surface area contributed by atoms with Gasteiger partial charge in [0.15, 0.2) is 0 Å². The number of carbonyl (C=O) groups excluding carboxylic acids is 1. The van der Waals surface area contributed by atoms with Crippen molar-refractivity contribution in [2.45, 2.75) is 40.0 Å². The molecule has 0 saturated heterocycles. The van der Waals surface area contributed by atoms with Crippen LogP contribution in [0.25, 0.3) is 0 Å². The van der Waals surface area contributed by atoms with Crippen molar-refractivity contribution in [2.75, 3.05) is 11.4 Å². The monoisotopic (exact) mass is 245 g/mol. The highest BCUT2D eigenvalue weighted by Gasteiger charge is 2.53. The zero-order chi connectivity index (χ0) is 13.5. The Labute approximate surface area is 110 Å². The van der Waals surface area contributed by atoms with Crippen LogP contribution in [-0.2, 0) is 10.2 Å². The number of para-hydroxylation sites is 1. The highest BCUT2D eigenvalue weighted by molar-refractivity contribution is 6.08. The van der Waals surface area contributed by atoms with Crippen LogP contribution < -0.4 is 4.90 Å². The minimum absolute atomic E-state index is 0.274. The third kappa shape index (κ3) is 1.44. The van der Waals surface area contributed by atoms with Crippen LogP contribution in [0, 0.1) is 11.8 Å². The van der Waals surface area contributed by atoms with Crippen LogP contribution in [0.4, 0.5) is 5.69 Å². The lowest BCUT2D eigenvalue weighted by Crippen LogP contribution is -2.47. The molecule has 0 aromatic heterocycles. The first kappa shape index (κ1) is 13.1. The number of anilines is 1. The molecular formula is C16H23NO. The van der Waals surface area contributed by atoms with Gasteiger partial charge in [-0.1, -0.05) is 45.9 Å². The number of hydrogen-bond donors (Lipinski definition) is 0. The van der Waals surface area contributed by atoms with E-state index in [9.17, 15) is 4.79 Å². The first-order valence-electron chi connectivity index (χ1n) is 6.89. The van der Waals surface area contributed by atoms with Crippen molar-refractivity contribution in [1.29, 1.82) is 0 Å². The largest absolute Gasteiger partial charge is 0.312 e. The Morgan fingerprint density at radius 1 is 1.11 bits per heavy atom. The highest BCUT2D eigenvalue weighted by Crippen LogP contribution is 2.50. The van der Waals surface area contributed by atoms with Crippen molar-refractivity contribution in [3.05, 3.63) is 29.8 Å². The Morgan fingerprint density at radius 3 is 2.17 bits per heavy atom. The summed E-state index contributed by atoms with van der Waals surface area (Å²) in [6.07, 6.45) is 0. The first-order chi connectivity index (χ1) is 8.47. The van der Waals surface area contributed by atoms with Crippen LogP contribution in [0.5, 0.6) is 0 Å². The third-order valence-corrected chi connectivity index (χ3v) is 4.38. The van der Waals surface area contributed by atoms with Crippen LogP contribution in [0.1, 0.15) is 40.2 Å². The first-order valence-corrected chi connectivity index (χ1v) is 6.89. The molecule has 1 aliphatic rings. The molecule has 2 nitrogen and oxygen atoms in total. The third-order valence-electron chi connectivity index (χ3n) is 4.38. The average molecular weight is 245 g/mol. The van der Waals surface area contributed by atoms with Gasteiger partial charge in [0.2, 0.25) is 5.91 Å². The minimum Gasteiger partial charge on any atom is -0.312 e. The van der Waals surface area contributed by atoms with Gasteiger partial charge in [-0.05, 0) is 30.4 Å². The van der Waals surface area contributed by atoms with E-state index in [0.29, 0.717) is 11.8 Å². The van der Waals surface area contributed by atoms with Gasteiger partial charge in [-0.15, -0.1) is 0 Å². The topological polar surface area (TPSA) is 20.3 Å². The molecule has 1 aromatic carbocycles. The van der Waals surface area contributed by atoms with E-state index < -0.39 is 0 Å². The molecule has 2 rings (SSSR count). The van der Waals surface area contributed by atoms with Crippen molar-refractivity contribution >= 4 is 11.6 Å². The number of likely N-dealkylation sites (N-methyl/N-ethyl adjacent to an activating group) is 1. The summed E-state index contributed by atoms with van der Waals surface area (Å²) in [5.74, 6) is 0.890. The Morgan fingerprint density at radius 2 is 1.67 bits per heavy atom. The maximum Gasteiger partial charge on any atom is 0.238 e. The maximum atomic E-state index is 12.9. The number of amides is 1. The van der Waals surface area contributed by atoms with Crippen molar-refractivity contribution in [3.8, 4) is 0 Å². The summed E-state index contributed by atoms with van der Waals surface area (Å²) in [6, 6.07) is 8.27. The fourth-order valence-electron chi connectivity index (χ4n) is 3.60. The number of carbonyl (C=O) groups is 1. The van der Waals surface area contributed by atoms with Gasteiger partial charge in [-0.25, -0.2) is 0 Å². The molecule has 0 atom stereocenters. The summed E-state index contributed by atoms with van der Waals surface area (Å²) in [5, 5.41) is 0. The summed E-state index contributed by atoms with van der Waals surface area (Å²) in [6.45, 7) is 11.4. The lowest BCUT2D eigenvalue weighted by Gasteiger charge is -2.36. The molecule has 0 aliphatic carbocycles. The second-order valence-corrected chi connectivity index (χ2v) is 5.74. The molecule has 1 amide bonds. The van der Waals surface area contributed by atoms with Crippen molar-refractivity contribution < 1.29 is 4.79 Å². The Hall–Kier alpha value is -1.31. The summed E-state index contributed by atoms with van der Waals surface area (Å²) in [4.78, 5) is 14.9. The molecule has 0 saturated carbocycles. The van der Waals surface area contributed by atoms with E-state index in [2.05, 4.69) is 39.8 Å². The quantitative estimate of drug-likeness (QED) is 0.796. The summed E-state index contributed by atoms with van der Waals surface area (Å²) in [5.41, 5.74) is 1.96. The number of nitrogens with zero attached hydrogens (tertiary/aromatic N) is 1. The molecule has 2 heteroatoms. The summed E-state index contributed by atoms with van der Waals surface area (Å²) in [7, 11) is 0. The normalized spacial score (nSPS) is 17.7. The Bertz CT molecular complexity index is 454. The predicted molar refractivity (Wildman–Crippen MR) is 75.8 cm³/mol. The maximum absolute atomic E-state index is 12.9. The van der Waals surface area contributed by atoms with E-state index >= 15 is 0 Å². The number of rotatable bonds is 3. The molecule has 0 radical (unpaired) electrons. The van der Waals surface area contributed by atoms with Gasteiger partial charge in [0, 0.05) is 12.2 Å². The lowest BCUT2D eigenvalue weighted by atomic mass is 9.65. The molecule has 0 fully saturated rings. The van der Waals surface area contributed by atoms with E-state index in [4.69, 9.17) is 0 Å². The van der Waals surface area contributed by atoms with Gasteiger partial charge in [0.05, 0.1) is 5.41 Å². The van der Waals surface area contributed by atoms with Crippen LogP contribution in [-0.4, -0.2) is 12.5 Å². The number of hydrogen-bond acceptors (Lipinski definition) is 1. The van der Waals surface area contributed by atoms with Gasteiger partial charge in [-0.2, -0.15) is 0 Å². The van der Waals surface area contributed by atoms with Gasteiger partial charge in [-0.3, -0.25) is 4.79 Å². The fraction of sp³-hybridized carbons (Fsp3) is 0.562. The molecule has 18 heavy (non-hydrogen) atoms. The molecule has 0 spiro atoms. The van der Waals surface area contributed by atoms with Gasteiger partial charge < -0.3 is 4.90 Å². The molecular weight excluding hydrogens is 222 g/mol. The fourth-order valence-corrected chi connectivity index (χ4v) is 3.60. The standard InChI is InChI=1S/C16H23NO/c1-6-17-14-10-8-7-9-13(14)16(11(2)3,12(4)5)15(17)18/h7-12H,6H2,1-5H3. The smallest absolute Gasteiger partial charge is 0.238 e. The molecule has 0 bridgehead atoms. The average Bonchev–Trinajstić information content (AvgIpc) is 2.57. The number of benzene rings is 1. The molecule has 1 aromatic rings.